The van der Waals surface area contributed by atoms with Crippen LogP contribution >= 0.6 is 27.5 Å². The molecule has 0 saturated carbocycles. The van der Waals surface area contributed by atoms with Crippen LogP contribution in [-0.2, 0) is 5.33 Å². The maximum absolute atomic E-state index is 5.72. The van der Waals surface area contributed by atoms with Crippen molar-refractivity contribution in [2.24, 2.45) is 0 Å². The second kappa shape index (κ2) is 3.40. The van der Waals surface area contributed by atoms with Crippen LogP contribution < -0.4 is 0 Å². The fourth-order valence-electron chi connectivity index (χ4n) is 0.690. The Morgan fingerprint density at radius 2 is 2.20 bits per heavy atom. The first-order valence-corrected chi connectivity index (χ1v) is 4.34. The standard InChI is InChI=1S/C8H6BrCl/c1-6-2-3-8(10)4-7(6)5-9/h1-4H,5H2. The van der Waals surface area contributed by atoms with Gasteiger partial charge in [-0.3, -0.25) is 0 Å². The van der Waals surface area contributed by atoms with Crippen LogP contribution in [0.25, 0.3) is 0 Å². The molecule has 0 fully saturated rings. The van der Waals surface area contributed by atoms with Crippen LogP contribution in [0.5, 0.6) is 0 Å². The van der Waals surface area contributed by atoms with Gasteiger partial charge in [-0.25, -0.2) is 0 Å². The molecule has 52 valence electrons. The molecule has 1 aromatic rings. The summed E-state index contributed by atoms with van der Waals surface area (Å²) in [5.74, 6) is 0. The predicted molar refractivity (Wildman–Crippen MR) is 47.5 cm³/mol. The van der Waals surface area contributed by atoms with Crippen LogP contribution in [0, 0.1) is 6.92 Å². The van der Waals surface area contributed by atoms with E-state index in [1.54, 1.807) is 12.1 Å². The first kappa shape index (κ1) is 8.09. The third-order valence-corrected chi connectivity index (χ3v) is 2.09. The Hall–Kier alpha value is -0.0100. The van der Waals surface area contributed by atoms with Gasteiger partial charge in [-0.1, -0.05) is 33.6 Å². The lowest BCUT2D eigenvalue weighted by atomic mass is 10.1. The number of halogens is 2. The van der Waals surface area contributed by atoms with Gasteiger partial charge in [0.15, 0.2) is 0 Å². The van der Waals surface area contributed by atoms with Crippen molar-refractivity contribution in [1.29, 1.82) is 0 Å². The first-order valence-electron chi connectivity index (χ1n) is 2.84. The van der Waals surface area contributed by atoms with E-state index in [2.05, 4.69) is 15.9 Å². The highest BCUT2D eigenvalue weighted by Crippen LogP contribution is 2.17. The van der Waals surface area contributed by atoms with Crippen LogP contribution in [-0.4, -0.2) is 0 Å². The van der Waals surface area contributed by atoms with Gasteiger partial charge in [-0.05, 0) is 30.2 Å². The quantitative estimate of drug-likeness (QED) is 0.633. The number of hydrogen-bond donors (Lipinski definition) is 0. The molecule has 0 aromatic heterocycles. The average molecular weight is 217 g/mol. The molecule has 0 aliphatic rings. The van der Waals surface area contributed by atoms with E-state index in [0.29, 0.717) is 0 Å². The number of alkyl halides is 1. The number of hydrogen-bond acceptors (Lipinski definition) is 0. The highest BCUT2D eigenvalue weighted by molar-refractivity contribution is 9.08. The van der Waals surface area contributed by atoms with E-state index in [0.717, 1.165) is 21.5 Å². The molecule has 0 bridgehead atoms. The van der Waals surface area contributed by atoms with Gasteiger partial charge in [-0.15, -0.1) is 0 Å². The van der Waals surface area contributed by atoms with Crippen molar-refractivity contribution in [3.8, 4) is 0 Å². The first-order chi connectivity index (χ1) is 4.74. The lowest BCUT2D eigenvalue weighted by molar-refractivity contribution is 1.39. The summed E-state index contributed by atoms with van der Waals surface area (Å²) in [5, 5.41) is 1.48. The Morgan fingerprint density at radius 3 is 2.70 bits per heavy atom. The molecule has 0 spiro atoms. The minimum absolute atomic E-state index is 0.726. The van der Waals surface area contributed by atoms with Crippen molar-refractivity contribution in [3.63, 3.8) is 0 Å². The Labute approximate surface area is 74.3 Å². The van der Waals surface area contributed by atoms with Crippen molar-refractivity contribution in [3.05, 3.63) is 41.3 Å². The lowest BCUT2D eigenvalue weighted by Gasteiger charge is -1.99. The maximum atomic E-state index is 5.72. The van der Waals surface area contributed by atoms with Crippen molar-refractivity contribution >= 4 is 27.5 Å². The molecular formula is C8H6BrCl. The fraction of sp³-hybridized carbons (Fsp3) is 0.125. The van der Waals surface area contributed by atoms with Gasteiger partial charge in [0.05, 0.1) is 0 Å². The zero-order valence-electron chi connectivity index (χ0n) is 5.27. The molecule has 0 N–H and O–H groups in total. The summed E-state index contributed by atoms with van der Waals surface area (Å²) in [6.07, 6.45) is 0. The molecule has 0 atom stereocenters. The zero-order valence-corrected chi connectivity index (χ0v) is 7.61. The molecule has 10 heavy (non-hydrogen) atoms. The molecule has 0 aliphatic carbocycles. The van der Waals surface area contributed by atoms with Gasteiger partial charge < -0.3 is 0 Å². The fourth-order valence-corrected chi connectivity index (χ4v) is 1.37. The average Bonchev–Trinajstić information content (AvgIpc) is 1.94. The minimum Gasteiger partial charge on any atom is -0.0876 e. The summed E-state index contributed by atoms with van der Waals surface area (Å²) in [4.78, 5) is 0. The monoisotopic (exact) mass is 216 g/mol. The van der Waals surface area contributed by atoms with Crippen LogP contribution in [0.3, 0.4) is 0 Å². The van der Waals surface area contributed by atoms with Crippen molar-refractivity contribution < 1.29 is 0 Å². The largest absolute Gasteiger partial charge is 0.0876 e. The molecule has 2 radical (unpaired) electrons. The minimum atomic E-state index is 0.726. The van der Waals surface area contributed by atoms with Gasteiger partial charge in [0.25, 0.3) is 0 Å². The maximum Gasteiger partial charge on any atom is 0.0409 e. The molecular weight excluding hydrogens is 211 g/mol. The highest BCUT2D eigenvalue weighted by atomic mass is 79.9. The van der Waals surface area contributed by atoms with Crippen molar-refractivity contribution in [2.45, 2.75) is 5.33 Å². The highest BCUT2D eigenvalue weighted by Gasteiger charge is 1.95. The molecule has 0 unspecified atom stereocenters. The SMILES string of the molecule is [CH]c1ccc(Cl)cc1CBr. The molecule has 1 aromatic carbocycles. The van der Waals surface area contributed by atoms with Crippen LogP contribution in [0.1, 0.15) is 11.1 Å². The van der Waals surface area contributed by atoms with Crippen LogP contribution in [0.15, 0.2) is 18.2 Å². The van der Waals surface area contributed by atoms with Gasteiger partial charge in [0.2, 0.25) is 0 Å². The Kier molecular flexibility index (Phi) is 2.75. The second-order valence-corrected chi connectivity index (χ2v) is 2.97. The summed E-state index contributed by atoms with van der Waals surface area (Å²) in [5.41, 5.74) is 1.81. The third kappa shape index (κ3) is 1.74. The molecule has 0 heterocycles. The molecule has 0 aliphatic heterocycles. The smallest absolute Gasteiger partial charge is 0.0409 e. The van der Waals surface area contributed by atoms with Crippen molar-refractivity contribution in [1.82, 2.24) is 0 Å². The molecule has 1 rings (SSSR count). The molecule has 2 heteroatoms. The summed E-state index contributed by atoms with van der Waals surface area (Å²) in [7, 11) is 0. The van der Waals surface area contributed by atoms with Crippen LogP contribution in [0.4, 0.5) is 0 Å². The summed E-state index contributed by atoms with van der Waals surface area (Å²) < 4.78 is 0. The normalized spacial score (nSPS) is 9.90. The molecule has 0 saturated heterocycles. The van der Waals surface area contributed by atoms with E-state index in [1.165, 1.54) is 0 Å². The predicted octanol–water partition coefficient (Wildman–Crippen LogP) is 3.29. The van der Waals surface area contributed by atoms with E-state index >= 15 is 0 Å². The van der Waals surface area contributed by atoms with E-state index in [9.17, 15) is 0 Å². The van der Waals surface area contributed by atoms with Gasteiger partial charge in [0, 0.05) is 10.4 Å². The van der Waals surface area contributed by atoms with Gasteiger partial charge in [-0.2, -0.15) is 0 Å². The number of rotatable bonds is 1. The topological polar surface area (TPSA) is 0 Å². The van der Waals surface area contributed by atoms with Gasteiger partial charge >= 0.3 is 0 Å². The number of benzene rings is 1. The Morgan fingerprint density at radius 1 is 1.50 bits per heavy atom. The Balaban J connectivity index is 3.09. The molecule has 0 amide bonds. The lowest BCUT2D eigenvalue weighted by Crippen LogP contribution is -1.82. The zero-order chi connectivity index (χ0) is 7.56. The van der Waals surface area contributed by atoms with Crippen molar-refractivity contribution in [2.75, 3.05) is 0 Å². The summed E-state index contributed by atoms with van der Waals surface area (Å²) >= 11 is 9.02. The van der Waals surface area contributed by atoms with E-state index in [1.807, 2.05) is 6.07 Å². The van der Waals surface area contributed by atoms with Crippen LogP contribution in [0.2, 0.25) is 5.02 Å². The third-order valence-electron chi connectivity index (χ3n) is 1.25. The second-order valence-electron chi connectivity index (χ2n) is 1.98. The molecule has 0 nitrogen and oxygen atoms in total. The van der Waals surface area contributed by atoms with Gasteiger partial charge in [0.1, 0.15) is 0 Å². The van der Waals surface area contributed by atoms with E-state index < -0.39 is 0 Å². The Bertz CT molecular complexity index is 233. The van der Waals surface area contributed by atoms with E-state index in [4.69, 9.17) is 18.5 Å². The summed E-state index contributed by atoms with van der Waals surface area (Å²) in [6, 6.07) is 5.44. The summed E-state index contributed by atoms with van der Waals surface area (Å²) in [6.45, 7) is 5.61. The van der Waals surface area contributed by atoms with E-state index in [-0.39, 0.29) is 0 Å².